The van der Waals surface area contributed by atoms with Gasteiger partial charge in [0, 0.05) is 89.8 Å². The second kappa shape index (κ2) is 46.6. The number of methoxy groups -OCH3 is 1. The van der Waals surface area contributed by atoms with Crippen LogP contribution < -0.4 is 26.6 Å². The summed E-state index contributed by atoms with van der Waals surface area (Å²) >= 11 is 0. The van der Waals surface area contributed by atoms with Gasteiger partial charge in [-0.15, -0.1) is 0 Å². The first-order valence-corrected chi connectivity index (χ1v) is 30.9. The molecular formula is C58H109N5O25. The highest BCUT2D eigenvalue weighted by Crippen LogP contribution is 2.29. The lowest BCUT2D eigenvalue weighted by molar-refractivity contribution is -0.282. The zero-order valence-electron chi connectivity index (χ0n) is 52.8. The number of aliphatic hydroxyl groups excluding tert-OH is 9. The fraction of sp³-hybridized carbons (Fsp3) is 0.914. The van der Waals surface area contributed by atoms with Gasteiger partial charge in [-0.25, -0.2) is 0 Å². The quantitative estimate of drug-likeness (QED) is 0.0268. The van der Waals surface area contributed by atoms with Crippen LogP contribution in [0.4, 0.5) is 0 Å². The van der Waals surface area contributed by atoms with Gasteiger partial charge in [-0.2, -0.15) is 0 Å². The van der Waals surface area contributed by atoms with E-state index in [1.54, 1.807) is 27.9 Å². The molecule has 0 radical (unpaired) electrons. The van der Waals surface area contributed by atoms with Gasteiger partial charge < -0.3 is 125 Å². The van der Waals surface area contributed by atoms with Gasteiger partial charge in [0.25, 0.3) is 0 Å². The van der Waals surface area contributed by atoms with Crippen molar-refractivity contribution in [2.75, 3.05) is 132 Å². The Hall–Kier alpha value is -3.45. The number of ether oxygens (including phenoxy) is 11. The van der Waals surface area contributed by atoms with Gasteiger partial charge in [-0.1, -0.05) is 41.5 Å². The van der Waals surface area contributed by atoms with E-state index in [-0.39, 0.29) is 154 Å². The van der Waals surface area contributed by atoms with Crippen molar-refractivity contribution in [1.29, 1.82) is 0 Å². The smallest absolute Gasteiger partial charge is 0.222 e. The standard InChI is InChI=1S/C54H99N5O25.C4H10/c1-34-45(68)48(71)37(28-60)82-51(34)79-20-7-16-56-41(64)12-23-75-26-27-78-33-54(59-44(67)11-5-10-40(63)55-15-6-19-74-4,31-76-24-13-42(65)57-17-8-21-80-52-35(2)46(69)49(72)38(29-61)83-52)32-77-25-14-43(66)58-18-9-22-81-53-36(3)47(70)50(73)39(30-62)84-53;1-4(2)3/h34-39,45-53,60-62,68-73H,5-33H2,1-4H3,(H,55,63)(H,56,64)(H,57,65)(H,58,66)(H,59,67);4H,1-3H3/t34?,35?,36?,37?,38?,39?,45-,46-,47-,48?,49?,50?,51-,52-,53-,54?;/m1./s1. The first-order valence-electron chi connectivity index (χ1n) is 30.9. The van der Waals surface area contributed by atoms with E-state index in [4.69, 9.17) is 52.1 Å². The van der Waals surface area contributed by atoms with E-state index < -0.39 is 123 Å². The Morgan fingerprint density at radius 1 is 0.409 bits per heavy atom. The lowest BCUT2D eigenvalue weighted by Gasteiger charge is -2.40. The number of carbonyl (C=O) groups is 5. The summed E-state index contributed by atoms with van der Waals surface area (Å²) in [6.07, 6.45) is -11.0. The number of aliphatic hydroxyl groups is 9. The zero-order valence-corrected chi connectivity index (χ0v) is 52.8. The minimum atomic E-state index is -1.40. The van der Waals surface area contributed by atoms with E-state index in [2.05, 4.69) is 47.4 Å². The molecule has 0 aliphatic carbocycles. The van der Waals surface area contributed by atoms with Crippen molar-refractivity contribution in [1.82, 2.24) is 26.6 Å². The van der Waals surface area contributed by atoms with Crippen LogP contribution in [0.15, 0.2) is 0 Å². The minimum Gasteiger partial charge on any atom is -0.394 e. The van der Waals surface area contributed by atoms with Gasteiger partial charge in [0.2, 0.25) is 29.5 Å². The third kappa shape index (κ3) is 32.2. The largest absolute Gasteiger partial charge is 0.394 e. The predicted molar refractivity (Wildman–Crippen MR) is 313 cm³/mol. The maximum atomic E-state index is 13.6. The lowest BCUT2D eigenvalue weighted by atomic mass is 9.92. The zero-order chi connectivity index (χ0) is 65.4. The molecule has 88 heavy (non-hydrogen) atoms. The molecule has 5 amide bonds. The molecule has 0 bridgehead atoms. The van der Waals surface area contributed by atoms with Gasteiger partial charge in [0.1, 0.15) is 42.2 Å². The van der Waals surface area contributed by atoms with Crippen LogP contribution in [0.5, 0.6) is 0 Å². The average molecular weight is 1280 g/mol. The molecule has 516 valence electrons. The van der Waals surface area contributed by atoms with Crippen LogP contribution in [0.2, 0.25) is 0 Å². The van der Waals surface area contributed by atoms with Crippen LogP contribution in [0.3, 0.4) is 0 Å². The van der Waals surface area contributed by atoms with Crippen molar-refractivity contribution in [3.05, 3.63) is 0 Å². The molecule has 30 heteroatoms. The van der Waals surface area contributed by atoms with Crippen LogP contribution >= 0.6 is 0 Å². The van der Waals surface area contributed by atoms with Crippen LogP contribution in [-0.4, -0.2) is 287 Å². The van der Waals surface area contributed by atoms with Gasteiger partial charge >= 0.3 is 0 Å². The third-order valence-electron chi connectivity index (χ3n) is 14.3. The SMILES string of the molecule is CC(C)C.COCCCNC(=O)CCCC(=O)NC(COCCOCCC(=O)NCCCO[C@@H]1OC(CO)C(O)[C@H](O)C1C)(COCCC(=O)NCCCO[C@@H]1OC(CO)C(O)[C@H](O)C1C)COCCC(=O)NCCCO[C@@H]1OC(CO)C(O)[C@H](O)C1C. The Bertz CT molecular complexity index is 1810. The Kier molecular flexibility index (Phi) is 42.7. The maximum Gasteiger partial charge on any atom is 0.222 e. The van der Waals surface area contributed by atoms with Crippen molar-refractivity contribution in [3.63, 3.8) is 0 Å². The predicted octanol–water partition coefficient (Wildman–Crippen LogP) is -3.14. The molecule has 15 atom stereocenters. The first kappa shape index (κ1) is 80.6. The van der Waals surface area contributed by atoms with E-state index in [0.29, 0.717) is 38.8 Å². The van der Waals surface area contributed by atoms with Gasteiger partial charge in [-0.3, -0.25) is 24.0 Å². The number of hydrogen-bond acceptors (Lipinski definition) is 25. The van der Waals surface area contributed by atoms with E-state index in [1.807, 2.05) is 0 Å². The molecule has 3 rings (SSSR count). The molecule has 14 N–H and O–H groups in total. The van der Waals surface area contributed by atoms with Crippen LogP contribution in [0.25, 0.3) is 0 Å². The molecule has 3 fully saturated rings. The lowest BCUT2D eigenvalue weighted by Crippen LogP contribution is -2.58. The third-order valence-corrected chi connectivity index (χ3v) is 14.3. The van der Waals surface area contributed by atoms with E-state index >= 15 is 0 Å². The highest BCUT2D eigenvalue weighted by Gasteiger charge is 2.45. The molecule has 30 nitrogen and oxygen atoms in total. The monoisotopic (exact) mass is 1280 g/mol. The fourth-order valence-electron chi connectivity index (χ4n) is 9.05. The summed E-state index contributed by atoms with van der Waals surface area (Å²) in [4.78, 5) is 64.4. The van der Waals surface area contributed by atoms with Crippen molar-refractivity contribution < 1.29 is 122 Å². The van der Waals surface area contributed by atoms with Crippen molar-refractivity contribution in [2.24, 2.45) is 23.7 Å². The number of rotatable bonds is 45. The molecule has 9 unspecified atom stereocenters. The summed E-state index contributed by atoms with van der Waals surface area (Å²) in [5.74, 6) is -2.58. The van der Waals surface area contributed by atoms with Crippen LogP contribution in [0, 0.1) is 23.7 Å². The van der Waals surface area contributed by atoms with Gasteiger partial charge in [0.05, 0.1) is 111 Å². The molecular weight excluding hydrogens is 1170 g/mol. The maximum absolute atomic E-state index is 13.6. The highest BCUT2D eigenvalue weighted by atomic mass is 16.7. The summed E-state index contributed by atoms with van der Waals surface area (Å²) in [7, 11) is 1.56. The topological polar surface area (TPSA) is 429 Å². The Morgan fingerprint density at radius 2 is 0.705 bits per heavy atom. The molecule has 0 spiro atoms. The molecule has 0 aromatic carbocycles. The Balaban J connectivity index is 0.00000639. The number of hydrogen-bond donors (Lipinski definition) is 14. The van der Waals surface area contributed by atoms with Gasteiger partial charge in [0.15, 0.2) is 18.9 Å². The Labute approximate surface area is 517 Å². The molecule has 0 aromatic heterocycles. The number of carbonyl (C=O) groups excluding carboxylic acids is 5. The molecule has 0 saturated carbocycles. The highest BCUT2D eigenvalue weighted by molar-refractivity contribution is 5.79. The van der Waals surface area contributed by atoms with Crippen molar-refractivity contribution >= 4 is 29.5 Å². The van der Waals surface area contributed by atoms with E-state index in [1.165, 1.54) is 0 Å². The normalized spacial score (nSPS) is 27.8. The van der Waals surface area contributed by atoms with Crippen molar-refractivity contribution in [2.45, 2.75) is 185 Å². The summed E-state index contributed by atoms with van der Waals surface area (Å²) < 4.78 is 62.6. The van der Waals surface area contributed by atoms with Crippen LogP contribution in [0.1, 0.15) is 106 Å². The summed E-state index contributed by atoms with van der Waals surface area (Å²) in [5.41, 5.74) is -1.40. The molecule has 3 heterocycles. The average Bonchev–Trinajstić information content (AvgIpc) is 2.60. The Morgan fingerprint density at radius 3 is 1.05 bits per heavy atom. The van der Waals surface area contributed by atoms with E-state index in [0.717, 1.165) is 5.92 Å². The number of nitrogens with one attached hydrogen (secondary N) is 5. The van der Waals surface area contributed by atoms with E-state index in [9.17, 15) is 69.9 Å². The minimum absolute atomic E-state index is 0.00471. The fourth-order valence-corrected chi connectivity index (χ4v) is 9.05. The first-order chi connectivity index (χ1) is 42.0. The molecule has 3 aliphatic rings. The van der Waals surface area contributed by atoms with Gasteiger partial charge in [-0.05, 0) is 38.0 Å². The van der Waals surface area contributed by atoms with Crippen LogP contribution in [-0.2, 0) is 76.1 Å². The summed E-state index contributed by atoms with van der Waals surface area (Å²) in [6, 6.07) is 0. The number of amides is 5. The van der Waals surface area contributed by atoms with Crippen molar-refractivity contribution in [3.8, 4) is 0 Å². The summed E-state index contributed by atoms with van der Waals surface area (Å²) in [5, 5.41) is 104. The second-order valence-corrected chi connectivity index (χ2v) is 23.1. The second-order valence-electron chi connectivity index (χ2n) is 23.1. The summed E-state index contributed by atoms with van der Waals surface area (Å²) in [6.45, 7) is 11.2. The molecule has 3 saturated heterocycles. The molecule has 0 aromatic rings. The molecule has 3 aliphatic heterocycles.